The molecule has 2 heterocycles. The number of hydrogen-bond acceptors (Lipinski definition) is 3. The van der Waals surface area contributed by atoms with E-state index in [4.69, 9.17) is 0 Å². The Morgan fingerprint density at radius 1 is 1.38 bits per heavy atom. The van der Waals surface area contributed by atoms with Crippen molar-refractivity contribution < 1.29 is 0 Å². The summed E-state index contributed by atoms with van der Waals surface area (Å²) >= 11 is 0. The molecule has 2 rings (SSSR count). The third kappa shape index (κ3) is 5.47. The van der Waals surface area contributed by atoms with Crippen LogP contribution in [0.25, 0.3) is 0 Å². The lowest BCUT2D eigenvalue weighted by atomic mass is 10.0. The van der Waals surface area contributed by atoms with Crippen molar-refractivity contribution in [2.45, 2.75) is 52.5 Å². The number of nitrogens with one attached hydrogen (secondary N) is 1. The van der Waals surface area contributed by atoms with Crippen molar-refractivity contribution in [3.8, 4) is 0 Å². The van der Waals surface area contributed by atoms with Gasteiger partial charge in [-0.25, -0.2) is 0 Å². The second-order valence-corrected chi connectivity index (χ2v) is 7.81. The minimum absolute atomic E-state index is 0.552. The van der Waals surface area contributed by atoms with Crippen molar-refractivity contribution >= 4 is 5.96 Å². The van der Waals surface area contributed by atoms with Crippen LogP contribution in [0.15, 0.2) is 17.4 Å². The summed E-state index contributed by atoms with van der Waals surface area (Å²) < 4.78 is 1.89. The largest absolute Gasteiger partial charge is 0.355 e. The Kier molecular flexibility index (Phi) is 7.94. The zero-order chi connectivity index (χ0) is 19.1. The molecule has 1 fully saturated rings. The number of likely N-dealkylation sites (tertiary alicyclic amines) is 1. The van der Waals surface area contributed by atoms with Crippen molar-refractivity contribution in [1.82, 2.24) is 24.9 Å². The highest BCUT2D eigenvalue weighted by molar-refractivity contribution is 5.80. The number of rotatable bonds is 8. The Balaban J connectivity index is 1.93. The Morgan fingerprint density at radius 2 is 2.12 bits per heavy atom. The zero-order valence-electron chi connectivity index (χ0n) is 17.6. The summed E-state index contributed by atoms with van der Waals surface area (Å²) in [5, 5.41) is 7.98. The molecule has 0 aromatic carbocycles. The van der Waals surface area contributed by atoms with Gasteiger partial charge >= 0.3 is 0 Å². The first-order valence-corrected chi connectivity index (χ1v) is 10.2. The minimum Gasteiger partial charge on any atom is -0.355 e. The van der Waals surface area contributed by atoms with Crippen LogP contribution in [0.1, 0.15) is 52.0 Å². The molecule has 2 atom stereocenters. The average molecular weight is 363 g/mol. The highest BCUT2D eigenvalue weighted by Crippen LogP contribution is 2.26. The zero-order valence-corrected chi connectivity index (χ0v) is 17.6. The molecule has 0 saturated carbocycles. The van der Waals surface area contributed by atoms with E-state index in [2.05, 4.69) is 59.1 Å². The molecule has 2 unspecified atom stereocenters. The van der Waals surface area contributed by atoms with Gasteiger partial charge in [-0.3, -0.25) is 14.6 Å². The van der Waals surface area contributed by atoms with Gasteiger partial charge < -0.3 is 10.2 Å². The van der Waals surface area contributed by atoms with Gasteiger partial charge in [-0.2, -0.15) is 5.10 Å². The number of aryl methyl sites for hydroxylation is 1. The Morgan fingerprint density at radius 3 is 2.65 bits per heavy atom. The molecule has 1 aromatic rings. The molecule has 1 N–H and O–H groups in total. The van der Waals surface area contributed by atoms with Crippen LogP contribution in [0.3, 0.4) is 0 Å². The minimum atomic E-state index is 0.552. The topological polar surface area (TPSA) is 48.7 Å². The van der Waals surface area contributed by atoms with Gasteiger partial charge in [0, 0.05) is 51.9 Å². The molecule has 0 aliphatic carbocycles. The monoisotopic (exact) mass is 362 g/mol. The number of guanidine groups is 1. The van der Waals surface area contributed by atoms with Gasteiger partial charge in [-0.1, -0.05) is 27.7 Å². The summed E-state index contributed by atoms with van der Waals surface area (Å²) in [6.45, 7) is 14.4. The van der Waals surface area contributed by atoms with Crippen LogP contribution >= 0.6 is 0 Å². The molecule has 0 spiro atoms. The van der Waals surface area contributed by atoms with Crippen LogP contribution in [-0.2, 0) is 7.05 Å². The molecular formula is C20H38N6. The second kappa shape index (κ2) is 9.95. The Labute approximate surface area is 159 Å². The van der Waals surface area contributed by atoms with Crippen LogP contribution in [0, 0.1) is 5.92 Å². The Bertz CT molecular complexity index is 560. The lowest BCUT2D eigenvalue weighted by Crippen LogP contribution is -2.48. The van der Waals surface area contributed by atoms with E-state index in [0.29, 0.717) is 17.9 Å². The molecule has 148 valence electrons. The van der Waals surface area contributed by atoms with E-state index in [1.165, 1.54) is 12.0 Å². The van der Waals surface area contributed by atoms with Crippen LogP contribution < -0.4 is 5.32 Å². The third-order valence-electron chi connectivity index (χ3n) is 5.46. The molecule has 6 nitrogen and oxygen atoms in total. The summed E-state index contributed by atoms with van der Waals surface area (Å²) in [5.74, 6) is 2.29. The molecule has 0 bridgehead atoms. The fourth-order valence-electron chi connectivity index (χ4n) is 4.06. The molecule has 1 aliphatic heterocycles. The van der Waals surface area contributed by atoms with Crippen LogP contribution in [0.5, 0.6) is 0 Å². The first kappa shape index (κ1) is 20.7. The van der Waals surface area contributed by atoms with E-state index >= 15 is 0 Å². The molecule has 6 heteroatoms. The van der Waals surface area contributed by atoms with Gasteiger partial charge in [0.15, 0.2) is 5.96 Å². The van der Waals surface area contributed by atoms with Crippen molar-refractivity contribution in [2.75, 3.05) is 39.8 Å². The van der Waals surface area contributed by atoms with Gasteiger partial charge in [0.1, 0.15) is 0 Å². The van der Waals surface area contributed by atoms with Crippen molar-refractivity contribution in [3.05, 3.63) is 18.0 Å². The molecular weight excluding hydrogens is 324 g/mol. The van der Waals surface area contributed by atoms with Crippen LogP contribution in [-0.4, -0.2) is 71.4 Å². The van der Waals surface area contributed by atoms with E-state index in [1.54, 1.807) is 0 Å². The fraction of sp³-hybridized carbons (Fsp3) is 0.800. The summed E-state index contributed by atoms with van der Waals surface area (Å²) in [7, 11) is 3.88. The van der Waals surface area contributed by atoms with Gasteiger partial charge in [-0.15, -0.1) is 0 Å². The summed E-state index contributed by atoms with van der Waals surface area (Å²) in [4.78, 5) is 9.51. The number of aliphatic imine (C=N–C) groups is 1. The Hall–Kier alpha value is -1.56. The van der Waals surface area contributed by atoms with E-state index in [0.717, 1.165) is 45.1 Å². The average Bonchev–Trinajstić information content (AvgIpc) is 3.25. The van der Waals surface area contributed by atoms with Crippen LogP contribution in [0.2, 0.25) is 0 Å². The predicted molar refractivity (Wildman–Crippen MR) is 110 cm³/mol. The quantitative estimate of drug-likeness (QED) is 0.570. The van der Waals surface area contributed by atoms with Gasteiger partial charge in [0.25, 0.3) is 0 Å². The maximum absolute atomic E-state index is 4.56. The van der Waals surface area contributed by atoms with Gasteiger partial charge in [0.05, 0.1) is 6.20 Å². The number of nitrogens with zero attached hydrogens (tertiary/aromatic N) is 5. The lowest BCUT2D eigenvalue weighted by Gasteiger charge is -2.32. The molecule has 1 saturated heterocycles. The number of hydrogen-bond donors (Lipinski definition) is 1. The summed E-state index contributed by atoms with van der Waals surface area (Å²) in [5.41, 5.74) is 1.34. The molecule has 0 radical (unpaired) electrons. The highest BCUT2D eigenvalue weighted by Gasteiger charge is 2.27. The smallest absolute Gasteiger partial charge is 0.193 e. The van der Waals surface area contributed by atoms with Crippen molar-refractivity contribution in [2.24, 2.45) is 18.0 Å². The van der Waals surface area contributed by atoms with Gasteiger partial charge in [-0.05, 0) is 37.4 Å². The number of aromatic nitrogens is 2. The maximum atomic E-state index is 4.56. The molecule has 26 heavy (non-hydrogen) atoms. The maximum Gasteiger partial charge on any atom is 0.193 e. The molecule has 0 amide bonds. The molecule has 1 aliphatic rings. The predicted octanol–water partition coefficient (Wildman–Crippen LogP) is 2.54. The highest BCUT2D eigenvalue weighted by atomic mass is 15.3. The van der Waals surface area contributed by atoms with Crippen LogP contribution in [0.4, 0.5) is 0 Å². The van der Waals surface area contributed by atoms with E-state index in [1.807, 2.05) is 25.0 Å². The SMILES string of the molecule is CCN(CC)C(CNC(=NC)N1CCC(c2cnn(C)c2)C1)CC(C)C. The summed E-state index contributed by atoms with van der Waals surface area (Å²) in [6.07, 6.45) is 6.52. The fourth-order valence-corrected chi connectivity index (χ4v) is 4.06. The van der Waals surface area contributed by atoms with E-state index in [9.17, 15) is 0 Å². The van der Waals surface area contributed by atoms with E-state index < -0.39 is 0 Å². The lowest BCUT2D eigenvalue weighted by molar-refractivity contribution is 0.190. The first-order valence-electron chi connectivity index (χ1n) is 10.2. The second-order valence-electron chi connectivity index (χ2n) is 7.81. The summed E-state index contributed by atoms with van der Waals surface area (Å²) in [6, 6.07) is 0.554. The van der Waals surface area contributed by atoms with Gasteiger partial charge in [0.2, 0.25) is 0 Å². The standard InChI is InChI=1S/C20H38N6/c1-7-25(8-2)19(11-16(3)4)13-22-20(21-5)26-10-9-17(15-26)18-12-23-24(6)14-18/h12,14,16-17,19H,7-11,13,15H2,1-6H3,(H,21,22). The normalized spacial score (nSPS) is 19.6. The van der Waals surface area contributed by atoms with Crippen molar-refractivity contribution in [1.29, 1.82) is 0 Å². The van der Waals surface area contributed by atoms with E-state index in [-0.39, 0.29) is 0 Å². The van der Waals surface area contributed by atoms with Crippen molar-refractivity contribution in [3.63, 3.8) is 0 Å². The first-order chi connectivity index (χ1) is 12.5. The molecule has 1 aromatic heterocycles. The third-order valence-corrected chi connectivity index (χ3v) is 5.46. The number of likely N-dealkylation sites (N-methyl/N-ethyl adjacent to an activating group) is 1.